The van der Waals surface area contributed by atoms with E-state index >= 15 is 0 Å². The van der Waals surface area contributed by atoms with Crippen LogP contribution in [0.4, 0.5) is 0 Å². The number of halogens is 2. The van der Waals surface area contributed by atoms with Gasteiger partial charge >= 0.3 is 5.69 Å². The summed E-state index contributed by atoms with van der Waals surface area (Å²) < 4.78 is 3.42. The molecule has 0 amide bonds. The van der Waals surface area contributed by atoms with E-state index in [1.807, 2.05) is 12.1 Å². The molecular formula is C9H7BrClN3O. The molecule has 0 atom stereocenters. The largest absolute Gasteiger partial charge is 0.351 e. The lowest BCUT2D eigenvalue weighted by Gasteiger charge is -2.01. The van der Waals surface area contributed by atoms with Gasteiger partial charge in [-0.3, -0.25) is 0 Å². The monoisotopic (exact) mass is 287 g/mol. The Bertz CT molecular complexity index is 561. The fourth-order valence-electron chi connectivity index (χ4n) is 1.27. The number of hydrogen-bond acceptors (Lipinski definition) is 2. The van der Waals surface area contributed by atoms with Gasteiger partial charge in [-0.05, 0) is 29.8 Å². The van der Waals surface area contributed by atoms with E-state index in [-0.39, 0.29) is 11.0 Å². The molecule has 0 aliphatic heterocycles. The molecule has 15 heavy (non-hydrogen) atoms. The summed E-state index contributed by atoms with van der Waals surface area (Å²) in [6, 6.07) is 7.29. The Labute approximate surface area is 99.2 Å². The number of aromatic nitrogens is 3. The summed E-state index contributed by atoms with van der Waals surface area (Å²) in [5.74, 6) is 0. The molecule has 0 aliphatic carbocycles. The van der Waals surface area contributed by atoms with Crippen LogP contribution in [0.5, 0.6) is 0 Å². The van der Waals surface area contributed by atoms with Gasteiger partial charge in [-0.1, -0.05) is 22.0 Å². The number of hydrogen-bond donors (Lipinski definition) is 0. The Hall–Kier alpha value is -1.07. The number of aryl methyl sites for hydroxylation is 1. The molecule has 4 nitrogen and oxygen atoms in total. The predicted octanol–water partition coefficient (Wildman–Crippen LogP) is 1.99. The van der Waals surface area contributed by atoms with Gasteiger partial charge in [0.15, 0.2) is 0 Å². The van der Waals surface area contributed by atoms with Crippen molar-refractivity contribution in [1.29, 1.82) is 0 Å². The highest BCUT2D eigenvalue weighted by molar-refractivity contribution is 9.10. The molecule has 0 fully saturated rings. The van der Waals surface area contributed by atoms with Crippen LogP contribution >= 0.6 is 27.5 Å². The van der Waals surface area contributed by atoms with Crippen molar-refractivity contribution in [2.45, 2.75) is 0 Å². The summed E-state index contributed by atoms with van der Waals surface area (Å²) in [6.07, 6.45) is 0. The van der Waals surface area contributed by atoms with Crippen molar-refractivity contribution in [3.8, 4) is 5.69 Å². The van der Waals surface area contributed by atoms with Crippen LogP contribution in [0.25, 0.3) is 5.69 Å². The molecule has 0 N–H and O–H groups in total. The van der Waals surface area contributed by atoms with Crippen LogP contribution in [0, 0.1) is 0 Å². The molecule has 78 valence electrons. The van der Waals surface area contributed by atoms with Gasteiger partial charge in [0.25, 0.3) is 0 Å². The first-order valence-electron chi connectivity index (χ1n) is 4.17. The molecule has 0 saturated heterocycles. The van der Waals surface area contributed by atoms with Crippen LogP contribution in [0.15, 0.2) is 33.5 Å². The molecule has 2 aromatic rings. The Morgan fingerprint density at radius 2 is 2.20 bits per heavy atom. The van der Waals surface area contributed by atoms with E-state index in [1.54, 1.807) is 19.2 Å². The quantitative estimate of drug-likeness (QED) is 0.805. The second-order valence-electron chi connectivity index (χ2n) is 2.99. The zero-order valence-corrected chi connectivity index (χ0v) is 10.2. The summed E-state index contributed by atoms with van der Waals surface area (Å²) in [6.45, 7) is 0. The van der Waals surface area contributed by atoms with E-state index in [1.165, 1.54) is 9.25 Å². The SMILES string of the molecule is Cn1nc(Cl)n(-c2cccc(Br)c2)c1=O. The van der Waals surface area contributed by atoms with E-state index in [0.29, 0.717) is 5.69 Å². The lowest BCUT2D eigenvalue weighted by molar-refractivity contribution is 0.726. The normalized spacial score (nSPS) is 10.6. The number of benzene rings is 1. The molecule has 0 saturated carbocycles. The van der Waals surface area contributed by atoms with Crippen LogP contribution < -0.4 is 5.69 Å². The second kappa shape index (κ2) is 3.83. The van der Waals surface area contributed by atoms with Gasteiger partial charge in [0.05, 0.1) is 5.69 Å². The highest BCUT2D eigenvalue weighted by atomic mass is 79.9. The average Bonchev–Trinajstić information content (AvgIpc) is 2.41. The molecule has 0 unspecified atom stereocenters. The first-order chi connectivity index (χ1) is 7.09. The van der Waals surface area contributed by atoms with Crippen molar-refractivity contribution in [1.82, 2.24) is 14.3 Å². The minimum Gasteiger partial charge on any atom is -0.246 e. The van der Waals surface area contributed by atoms with Gasteiger partial charge in [-0.25, -0.2) is 14.0 Å². The van der Waals surface area contributed by atoms with Gasteiger partial charge in [0.1, 0.15) is 0 Å². The van der Waals surface area contributed by atoms with Gasteiger partial charge in [-0.15, -0.1) is 5.10 Å². The minimum absolute atomic E-state index is 0.153. The van der Waals surface area contributed by atoms with Gasteiger partial charge in [-0.2, -0.15) is 0 Å². The lowest BCUT2D eigenvalue weighted by atomic mass is 10.3. The maximum atomic E-state index is 11.7. The van der Waals surface area contributed by atoms with Crippen LogP contribution in [0.2, 0.25) is 5.28 Å². The third-order valence-electron chi connectivity index (χ3n) is 1.95. The standard InChI is InChI=1S/C9H7BrClN3O/c1-13-9(15)14(8(11)12-13)7-4-2-3-6(10)5-7/h2-5H,1H3. The molecule has 0 aliphatic rings. The highest BCUT2D eigenvalue weighted by Crippen LogP contribution is 2.16. The first kappa shape index (κ1) is 10.4. The Morgan fingerprint density at radius 3 is 2.73 bits per heavy atom. The average molecular weight is 289 g/mol. The maximum absolute atomic E-state index is 11.7. The lowest BCUT2D eigenvalue weighted by Crippen LogP contribution is -2.21. The molecule has 1 heterocycles. The number of rotatable bonds is 1. The predicted molar refractivity (Wildman–Crippen MR) is 61.5 cm³/mol. The van der Waals surface area contributed by atoms with E-state index in [4.69, 9.17) is 11.6 Å². The van der Waals surface area contributed by atoms with Crippen molar-refractivity contribution in [3.63, 3.8) is 0 Å². The molecule has 0 bridgehead atoms. The van der Waals surface area contributed by atoms with Gasteiger partial charge in [0.2, 0.25) is 5.28 Å². The topological polar surface area (TPSA) is 39.8 Å². The first-order valence-corrected chi connectivity index (χ1v) is 5.34. The smallest absolute Gasteiger partial charge is 0.246 e. The van der Waals surface area contributed by atoms with Crippen molar-refractivity contribution in [2.75, 3.05) is 0 Å². The summed E-state index contributed by atoms with van der Waals surface area (Å²) in [5, 5.41) is 3.99. The minimum atomic E-state index is -0.266. The highest BCUT2D eigenvalue weighted by Gasteiger charge is 2.10. The summed E-state index contributed by atoms with van der Waals surface area (Å²) in [5.41, 5.74) is 0.422. The zero-order valence-electron chi connectivity index (χ0n) is 7.82. The van der Waals surface area contributed by atoms with Crippen molar-refractivity contribution < 1.29 is 0 Å². The van der Waals surface area contributed by atoms with E-state index in [9.17, 15) is 4.79 Å². The summed E-state index contributed by atoms with van der Waals surface area (Å²) >= 11 is 9.18. The Balaban J connectivity index is 2.69. The summed E-state index contributed by atoms with van der Waals surface area (Å²) in [4.78, 5) is 11.7. The second-order valence-corrected chi connectivity index (χ2v) is 4.24. The van der Waals surface area contributed by atoms with Crippen molar-refractivity contribution in [2.24, 2.45) is 7.05 Å². The van der Waals surface area contributed by atoms with Crippen LogP contribution in [-0.4, -0.2) is 14.3 Å². The summed E-state index contributed by atoms with van der Waals surface area (Å²) in [7, 11) is 1.56. The van der Waals surface area contributed by atoms with Gasteiger partial charge < -0.3 is 0 Å². The van der Waals surface area contributed by atoms with Gasteiger partial charge in [0, 0.05) is 11.5 Å². The van der Waals surface area contributed by atoms with E-state index in [0.717, 1.165) is 4.47 Å². The van der Waals surface area contributed by atoms with Crippen LogP contribution in [-0.2, 0) is 7.05 Å². The number of nitrogens with zero attached hydrogens (tertiary/aromatic N) is 3. The maximum Gasteiger partial charge on any atom is 0.351 e. The Kier molecular flexibility index (Phi) is 2.67. The third kappa shape index (κ3) is 1.85. The molecule has 1 aromatic heterocycles. The van der Waals surface area contributed by atoms with Crippen LogP contribution in [0.1, 0.15) is 0 Å². The molecular weight excluding hydrogens is 281 g/mol. The molecule has 1 aromatic carbocycles. The third-order valence-corrected chi connectivity index (χ3v) is 2.69. The molecule has 6 heteroatoms. The van der Waals surface area contributed by atoms with Crippen LogP contribution in [0.3, 0.4) is 0 Å². The van der Waals surface area contributed by atoms with Crippen molar-refractivity contribution >= 4 is 27.5 Å². The Morgan fingerprint density at radius 1 is 1.47 bits per heavy atom. The fourth-order valence-corrected chi connectivity index (χ4v) is 1.94. The fraction of sp³-hybridized carbons (Fsp3) is 0.111. The molecule has 2 rings (SSSR count). The van der Waals surface area contributed by atoms with E-state index in [2.05, 4.69) is 21.0 Å². The zero-order chi connectivity index (χ0) is 11.0. The van der Waals surface area contributed by atoms with E-state index < -0.39 is 0 Å². The molecule has 0 spiro atoms. The molecule has 0 radical (unpaired) electrons. The van der Waals surface area contributed by atoms with Crippen molar-refractivity contribution in [3.05, 3.63) is 44.5 Å².